The average molecular weight is 294 g/mol. The Hall–Kier alpha value is -0.860. The van der Waals surface area contributed by atoms with Gasteiger partial charge in [-0.25, -0.2) is 0 Å². The fourth-order valence-corrected chi connectivity index (χ4v) is 2.48. The summed E-state index contributed by atoms with van der Waals surface area (Å²) in [5.41, 5.74) is -0.800. The summed E-state index contributed by atoms with van der Waals surface area (Å²) < 4.78 is 37.8. The van der Waals surface area contributed by atoms with E-state index >= 15 is 0 Å². The minimum Gasteiger partial charge on any atom is -0.198 e. The van der Waals surface area contributed by atoms with Crippen LogP contribution in [0, 0.1) is 11.3 Å². The molecule has 0 aromatic heterocycles. The summed E-state index contributed by atoms with van der Waals surface area (Å²) in [5, 5.41) is 8.06. The summed E-state index contributed by atoms with van der Waals surface area (Å²) in [6, 6.07) is 5.94. The van der Waals surface area contributed by atoms with Crippen LogP contribution < -0.4 is 0 Å². The van der Waals surface area contributed by atoms with Crippen LogP contribution >= 0.6 is 23.4 Å². The summed E-state index contributed by atoms with van der Waals surface area (Å²) >= 11 is 6.86. The smallest absolute Gasteiger partial charge is 0.198 e. The molecule has 0 fully saturated rings. The van der Waals surface area contributed by atoms with Crippen LogP contribution in [0.2, 0.25) is 5.02 Å². The molecule has 1 rings (SSSR count). The SMILES string of the molecule is N#CCCCCSc1ccc(Cl)c(C(F)(F)F)c1. The zero-order valence-corrected chi connectivity index (χ0v) is 11.0. The molecule has 6 heteroatoms. The number of hydrogen-bond acceptors (Lipinski definition) is 2. The normalized spacial score (nSPS) is 11.3. The van der Waals surface area contributed by atoms with E-state index in [0.29, 0.717) is 17.1 Å². The van der Waals surface area contributed by atoms with Crippen LogP contribution in [0.3, 0.4) is 0 Å². The molecule has 1 aromatic rings. The zero-order valence-electron chi connectivity index (χ0n) is 9.43. The maximum atomic E-state index is 12.6. The third kappa shape index (κ3) is 4.79. The minimum absolute atomic E-state index is 0.281. The topological polar surface area (TPSA) is 23.8 Å². The van der Waals surface area contributed by atoms with Crippen molar-refractivity contribution in [2.45, 2.75) is 30.3 Å². The van der Waals surface area contributed by atoms with Crippen molar-refractivity contribution in [3.05, 3.63) is 28.8 Å². The predicted molar refractivity (Wildman–Crippen MR) is 66.6 cm³/mol. The van der Waals surface area contributed by atoms with Crippen LogP contribution in [0.4, 0.5) is 13.2 Å². The van der Waals surface area contributed by atoms with Gasteiger partial charge in [0.2, 0.25) is 0 Å². The molecule has 0 saturated carbocycles. The average Bonchev–Trinajstić information content (AvgIpc) is 2.29. The molecule has 0 radical (unpaired) electrons. The van der Waals surface area contributed by atoms with Gasteiger partial charge in [0.05, 0.1) is 16.7 Å². The molecule has 0 saturated heterocycles. The Morgan fingerprint density at radius 3 is 2.61 bits per heavy atom. The van der Waals surface area contributed by atoms with E-state index in [4.69, 9.17) is 16.9 Å². The summed E-state index contributed by atoms with van der Waals surface area (Å²) in [7, 11) is 0. The number of hydrogen-bond donors (Lipinski definition) is 0. The van der Waals surface area contributed by atoms with Gasteiger partial charge >= 0.3 is 6.18 Å². The van der Waals surface area contributed by atoms with E-state index in [-0.39, 0.29) is 5.02 Å². The van der Waals surface area contributed by atoms with Crippen LogP contribution in [-0.2, 0) is 6.18 Å². The first kappa shape index (κ1) is 15.2. The lowest BCUT2D eigenvalue weighted by Gasteiger charge is -2.10. The van der Waals surface area contributed by atoms with Crippen molar-refractivity contribution in [1.29, 1.82) is 5.26 Å². The van der Waals surface area contributed by atoms with Crippen molar-refractivity contribution in [3.63, 3.8) is 0 Å². The van der Waals surface area contributed by atoms with Crippen molar-refractivity contribution < 1.29 is 13.2 Å². The standard InChI is InChI=1S/C12H11ClF3NS/c13-11-5-4-9(8-10(11)12(14,15)16)18-7-3-1-2-6-17/h4-5,8H,1-3,7H2. The van der Waals surface area contributed by atoms with Gasteiger partial charge in [-0.1, -0.05) is 11.6 Å². The number of nitrogens with zero attached hydrogens (tertiary/aromatic N) is 1. The second-order valence-corrected chi connectivity index (χ2v) is 5.18. The van der Waals surface area contributed by atoms with Crippen molar-refractivity contribution in [3.8, 4) is 6.07 Å². The Kier molecular flexibility index (Phi) is 5.83. The van der Waals surface area contributed by atoms with Gasteiger partial charge in [0, 0.05) is 11.3 Å². The van der Waals surface area contributed by atoms with Gasteiger partial charge in [-0.15, -0.1) is 11.8 Å². The Morgan fingerprint density at radius 2 is 2.00 bits per heavy atom. The van der Waals surface area contributed by atoms with Gasteiger partial charge in [-0.3, -0.25) is 0 Å². The van der Waals surface area contributed by atoms with Crippen molar-refractivity contribution in [2.24, 2.45) is 0 Å². The van der Waals surface area contributed by atoms with Gasteiger partial charge in [0.15, 0.2) is 0 Å². The highest BCUT2D eigenvalue weighted by Crippen LogP contribution is 2.37. The van der Waals surface area contributed by atoms with Crippen LogP contribution in [0.25, 0.3) is 0 Å². The lowest BCUT2D eigenvalue weighted by Crippen LogP contribution is -2.05. The zero-order chi connectivity index (χ0) is 13.6. The van der Waals surface area contributed by atoms with E-state index in [2.05, 4.69) is 0 Å². The van der Waals surface area contributed by atoms with E-state index in [9.17, 15) is 13.2 Å². The Bertz CT molecular complexity index is 440. The molecule has 0 N–H and O–H groups in total. The summed E-state index contributed by atoms with van der Waals surface area (Å²) in [5.74, 6) is 0.695. The largest absolute Gasteiger partial charge is 0.417 e. The summed E-state index contributed by atoms with van der Waals surface area (Å²) in [4.78, 5) is 0.545. The molecule has 0 unspecified atom stereocenters. The number of thioether (sulfide) groups is 1. The Morgan fingerprint density at radius 1 is 1.28 bits per heavy atom. The lowest BCUT2D eigenvalue weighted by molar-refractivity contribution is -0.137. The predicted octanol–water partition coefficient (Wildman–Crippen LogP) is 5.14. The molecule has 0 aliphatic rings. The third-order valence-electron chi connectivity index (χ3n) is 2.19. The molecule has 0 aliphatic carbocycles. The highest BCUT2D eigenvalue weighted by molar-refractivity contribution is 7.99. The van der Waals surface area contributed by atoms with Gasteiger partial charge in [0.25, 0.3) is 0 Å². The molecule has 0 atom stereocenters. The first-order valence-corrected chi connectivity index (χ1v) is 6.68. The maximum absolute atomic E-state index is 12.6. The number of halogens is 4. The van der Waals surface area contributed by atoms with Gasteiger partial charge in [0.1, 0.15) is 0 Å². The fraction of sp³-hybridized carbons (Fsp3) is 0.417. The molecular weight excluding hydrogens is 283 g/mol. The van der Waals surface area contributed by atoms with Gasteiger partial charge in [-0.05, 0) is 36.8 Å². The molecule has 18 heavy (non-hydrogen) atoms. The number of alkyl halides is 3. The number of rotatable bonds is 5. The second-order valence-electron chi connectivity index (χ2n) is 3.60. The van der Waals surface area contributed by atoms with E-state index in [1.807, 2.05) is 6.07 Å². The molecule has 0 bridgehead atoms. The molecular formula is C12H11ClF3NS. The fourth-order valence-electron chi connectivity index (χ4n) is 1.31. The molecule has 98 valence electrons. The van der Waals surface area contributed by atoms with E-state index in [0.717, 1.165) is 18.9 Å². The van der Waals surface area contributed by atoms with Crippen LogP contribution in [-0.4, -0.2) is 5.75 Å². The van der Waals surface area contributed by atoms with Gasteiger partial charge in [-0.2, -0.15) is 18.4 Å². The number of benzene rings is 1. The Labute approximate surface area is 113 Å². The second kappa shape index (κ2) is 6.91. The van der Waals surface area contributed by atoms with Crippen LogP contribution in [0.5, 0.6) is 0 Å². The van der Waals surface area contributed by atoms with Gasteiger partial charge < -0.3 is 0 Å². The highest BCUT2D eigenvalue weighted by atomic mass is 35.5. The first-order chi connectivity index (χ1) is 8.45. The monoisotopic (exact) mass is 293 g/mol. The number of nitriles is 1. The molecule has 0 spiro atoms. The maximum Gasteiger partial charge on any atom is 0.417 e. The summed E-state index contributed by atoms with van der Waals surface area (Å²) in [6.07, 6.45) is -2.37. The minimum atomic E-state index is -4.42. The molecule has 0 heterocycles. The van der Waals surface area contributed by atoms with Crippen LogP contribution in [0.1, 0.15) is 24.8 Å². The molecule has 1 aromatic carbocycles. The number of unbranched alkanes of at least 4 members (excludes halogenated alkanes) is 2. The molecule has 0 amide bonds. The third-order valence-corrected chi connectivity index (χ3v) is 3.60. The van der Waals surface area contributed by atoms with E-state index < -0.39 is 11.7 Å². The van der Waals surface area contributed by atoms with E-state index in [1.54, 1.807) is 6.07 Å². The first-order valence-electron chi connectivity index (χ1n) is 5.31. The van der Waals surface area contributed by atoms with Crippen LogP contribution in [0.15, 0.2) is 23.1 Å². The highest BCUT2D eigenvalue weighted by Gasteiger charge is 2.33. The Balaban J connectivity index is 2.60. The van der Waals surface area contributed by atoms with E-state index in [1.165, 1.54) is 17.8 Å². The lowest BCUT2D eigenvalue weighted by atomic mass is 10.2. The van der Waals surface area contributed by atoms with Crippen molar-refractivity contribution in [1.82, 2.24) is 0 Å². The quantitative estimate of drug-likeness (QED) is 0.554. The molecule has 1 nitrogen and oxygen atoms in total. The summed E-state index contributed by atoms with van der Waals surface area (Å²) in [6.45, 7) is 0. The molecule has 0 aliphatic heterocycles. The van der Waals surface area contributed by atoms with Crippen molar-refractivity contribution >= 4 is 23.4 Å². The van der Waals surface area contributed by atoms with Crippen molar-refractivity contribution in [2.75, 3.05) is 5.75 Å².